The molecule has 0 radical (unpaired) electrons. The fourth-order valence-corrected chi connectivity index (χ4v) is 1.29. The first kappa shape index (κ1) is 9.64. The van der Waals surface area contributed by atoms with Crippen molar-refractivity contribution in [1.29, 1.82) is 0 Å². The van der Waals surface area contributed by atoms with Gasteiger partial charge in [-0.05, 0) is 19.1 Å². The van der Waals surface area contributed by atoms with Gasteiger partial charge in [-0.3, -0.25) is 4.68 Å². The zero-order chi connectivity index (χ0) is 10.7. The highest BCUT2D eigenvalue weighted by atomic mass is 15.4. The smallest absolute Gasteiger partial charge is 0.126 e. The van der Waals surface area contributed by atoms with Crippen LogP contribution in [-0.4, -0.2) is 20.0 Å². The molecule has 0 fully saturated rings. The normalized spacial score (nSPS) is 10.3. The molecule has 0 aromatic carbocycles. The number of nitrogens with zero attached hydrogens (tertiary/aromatic N) is 4. The Morgan fingerprint density at radius 1 is 1.40 bits per heavy atom. The summed E-state index contributed by atoms with van der Waals surface area (Å²) in [5, 5.41) is 10.9. The molecule has 0 amide bonds. The first-order valence-electron chi connectivity index (χ1n) is 4.77. The van der Waals surface area contributed by atoms with Crippen LogP contribution in [0.2, 0.25) is 0 Å². The maximum Gasteiger partial charge on any atom is 0.126 e. The van der Waals surface area contributed by atoms with Crippen LogP contribution < -0.4 is 5.32 Å². The van der Waals surface area contributed by atoms with E-state index in [9.17, 15) is 0 Å². The van der Waals surface area contributed by atoms with Gasteiger partial charge in [0.1, 0.15) is 5.82 Å². The SMILES string of the molecule is Cc1cccc(NCc2cnnn2C)n1. The minimum absolute atomic E-state index is 0.681. The zero-order valence-electron chi connectivity index (χ0n) is 8.81. The predicted octanol–water partition coefficient (Wildman–Crippen LogP) is 1.13. The van der Waals surface area contributed by atoms with Gasteiger partial charge in [-0.2, -0.15) is 0 Å². The molecule has 2 aromatic heterocycles. The Morgan fingerprint density at radius 2 is 2.27 bits per heavy atom. The van der Waals surface area contributed by atoms with E-state index in [0.717, 1.165) is 17.2 Å². The molecule has 0 atom stereocenters. The van der Waals surface area contributed by atoms with Gasteiger partial charge in [0.25, 0.3) is 0 Å². The third-order valence-corrected chi connectivity index (χ3v) is 2.15. The van der Waals surface area contributed by atoms with Crippen LogP contribution in [0.1, 0.15) is 11.4 Å². The first-order valence-corrected chi connectivity index (χ1v) is 4.77. The maximum atomic E-state index is 4.34. The molecule has 2 heterocycles. The van der Waals surface area contributed by atoms with Crippen LogP contribution in [0.5, 0.6) is 0 Å². The summed E-state index contributed by atoms with van der Waals surface area (Å²) in [5.41, 5.74) is 2.03. The lowest BCUT2D eigenvalue weighted by Gasteiger charge is -2.05. The Morgan fingerprint density at radius 3 is 2.93 bits per heavy atom. The number of hydrogen-bond donors (Lipinski definition) is 1. The van der Waals surface area contributed by atoms with Crippen molar-refractivity contribution < 1.29 is 0 Å². The monoisotopic (exact) mass is 203 g/mol. The van der Waals surface area contributed by atoms with Crippen LogP contribution in [0.4, 0.5) is 5.82 Å². The summed E-state index contributed by atoms with van der Waals surface area (Å²) in [6.07, 6.45) is 1.74. The van der Waals surface area contributed by atoms with Crippen LogP contribution >= 0.6 is 0 Å². The fourth-order valence-electron chi connectivity index (χ4n) is 1.29. The van der Waals surface area contributed by atoms with Crippen molar-refractivity contribution in [3.63, 3.8) is 0 Å². The van der Waals surface area contributed by atoms with Crippen molar-refractivity contribution in [2.45, 2.75) is 13.5 Å². The topological polar surface area (TPSA) is 55.6 Å². The van der Waals surface area contributed by atoms with Gasteiger partial charge in [-0.25, -0.2) is 4.98 Å². The van der Waals surface area contributed by atoms with Gasteiger partial charge in [0.15, 0.2) is 0 Å². The lowest BCUT2D eigenvalue weighted by atomic mass is 10.3. The molecular weight excluding hydrogens is 190 g/mol. The second kappa shape index (κ2) is 4.08. The van der Waals surface area contributed by atoms with Crippen LogP contribution in [0.25, 0.3) is 0 Å². The second-order valence-corrected chi connectivity index (χ2v) is 3.37. The number of aromatic nitrogens is 4. The van der Waals surface area contributed by atoms with E-state index in [1.807, 2.05) is 32.2 Å². The zero-order valence-corrected chi connectivity index (χ0v) is 8.81. The number of pyridine rings is 1. The molecule has 0 aliphatic rings. The average molecular weight is 203 g/mol. The molecule has 0 bridgehead atoms. The summed E-state index contributed by atoms with van der Waals surface area (Å²) in [4.78, 5) is 4.34. The van der Waals surface area contributed by atoms with E-state index < -0.39 is 0 Å². The predicted molar refractivity (Wildman–Crippen MR) is 57.3 cm³/mol. The minimum atomic E-state index is 0.681. The average Bonchev–Trinajstić information content (AvgIpc) is 2.61. The van der Waals surface area contributed by atoms with E-state index in [0.29, 0.717) is 6.54 Å². The molecule has 15 heavy (non-hydrogen) atoms. The van der Waals surface area contributed by atoms with E-state index in [1.54, 1.807) is 10.9 Å². The Bertz CT molecular complexity index is 449. The van der Waals surface area contributed by atoms with Crippen LogP contribution in [0, 0.1) is 6.92 Å². The highest BCUT2D eigenvalue weighted by Gasteiger charge is 1.99. The largest absolute Gasteiger partial charge is 0.364 e. The van der Waals surface area contributed by atoms with Crippen molar-refractivity contribution in [2.75, 3.05) is 5.32 Å². The Balaban J connectivity index is 2.02. The quantitative estimate of drug-likeness (QED) is 0.812. The van der Waals surface area contributed by atoms with Crippen molar-refractivity contribution in [2.24, 2.45) is 7.05 Å². The summed E-state index contributed by atoms with van der Waals surface area (Å²) in [7, 11) is 1.87. The van der Waals surface area contributed by atoms with Crippen molar-refractivity contribution in [1.82, 2.24) is 20.0 Å². The number of aryl methyl sites for hydroxylation is 2. The van der Waals surface area contributed by atoms with Crippen molar-refractivity contribution in [3.8, 4) is 0 Å². The number of nitrogens with one attached hydrogen (secondary N) is 1. The van der Waals surface area contributed by atoms with E-state index in [1.165, 1.54) is 0 Å². The molecule has 0 saturated heterocycles. The minimum Gasteiger partial charge on any atom is -0.364 e. The molecule has 0 spiro atoms. The molecule has 2 aromatic rings. The molecule has 5 nitrogen and oxygen atoms in total. The summed E-state index contributed by atoms with van der Waals surface area (Å²) >= 11 is 0. The van der Waals surface area contributed by atoms with Crippen LogP contribution in [-0.2, 0) is 13.6 Å². The second-order valence-electron chi connectivity index (χ2n) is 3.37. The van der Waals surface area contributed by atoms with Crippen LogP contribution in [0.3, 0.4) is 0 Å². The summed E-state index contributed by atoms with van der Waals surface area (Å²) in [6, 6.07) is 5.89. The van der Waals surface area contributed by atoms with Crippen molar-refractivity contribution >= 4 is 5.82 Å². The van der Waals surface area contributed by atoms with Gasteiger partial charge in [-0.15, -0.1) is 5.10 Å². The molecule has 0 aliphatic heterocycles. The van der Waals surface area contributed by atoms with Crippen molar-refractivity contribution in [3.05, 3.63) is 35.8 Å². The van der Waals surface area contributed by atoms with Gasteiger partial charge in [0.05, 0.1) is 18.4 Å². The molecule has 0 aliphatic carbocycles. The van der Waals surface area contributed by atoms with E-state index in [-0.39, 0.29) is 0 Å². The number of anilines is 1. The molecule has 2 rings (SSSR count). The highest BCUT2D eigenvalue weighted by molar-refractivity contribution is 5.35. The summed E-state index contributed by atoms with van der Waals surface area (Å²) in [6.45, 7) is 2.65. The molecule has 1 N–H and O–H groups in total. The van der Waals surface area contributed by atoms with E-state index in [4.69, 9.17) is 0 Å². The molecule has 0 unspecified atom stereocenters. The standard InChI is InChI=1S/C10H13N5/c1-8-4-3-5-10(13-8)11-6-9-7-12-14-15(9)2/h3-5,7H,6H2,1-2H3,(H,11,13). The first-order chi connectivity index (χ1) is 7.25. The van der Waals surface area contributed by atoms with Gasteiger partial charge < -0.3 is 5.32 Å². The summed E-state index contributed by atoms with van der Waals surface area (Å²) in [5.74, 6) is 0.871. The van der Waals surface area contributed by atoms with Gasteiger partial charge in [0, 0.05) is 12.7 Å². The number of hydrogen-bond acceptors (Lipinski definition) is 4. The highest BCUT2D eigenvalue weighted by Crippen LogP contribution is 2.05. The number of rotatable bonds is 3. The Labute approximate surface area is 88.1 Å². The molecule has 0 saturated carbocycles. The lowest BCUT2D eigenvalue weighted by molar-refractivity contribution is 0.683. The van der Waals surface area contributed by atoms with E-state index >= 15 is 0 Å². The van der Waals surface area contributed by atoms with Gasteiger partial charge >= 0.3 is 0 Å². The summed E-state index contributed by atoms with van der Waals surface area (Å²) < 4.78 is 1.74. The Kier molecular flexibility index (Phi) is 2.62. The third kappa shape index (κ3) is 2.31. The molecule has 78 valence electrons. The van der Waals surface area contributed by atoms with E-state index in [2.05, 4.69) is 20.6 Å². The Hall–Kier alpha value is -1.91. The third-order valence-electron chi connectivity index (χ3n) is 2.15. The van der Waals surface area contributed by atoms with Gasteiger partial charge in [0.2, 0.25) is 0 Å². The van der Waals surface area contributed by atoms with Gasteiger partial charge in [-0.1, -0.05) is 11.3 Å². The lowest BCUT2D eigenvalue weighted by Crippen LogP contribution is -2.06. The maximum absolute atomic E-state index is 4.34. The molecular formula is C10H13N5. The molecule has 5 heteroatoms. The van der Waals surface area contributed by atoms with Crippen LogP contribution in [0.15, 0.2) is 24.4 Å². The fraction of sp³-hybridized carbons (Fsp3) is 0.300.